The second-order valence-electron chi connectivity index (χ2n) is 4.68. The molecule has 2 aromatic heterocycles. The first-order chi connectivity index (χ1) is 9.81. The molecule has 1 aromatic carbocycles. The van der Waals surface area contributed by atoms with Crippen LogP contribution in [0.15, 0.2) is 35.1 Å². The molecule has 0 bridgehead atoms. The zero-order valence-corrected chi connectivity index (χ0v) is 11.6. The van der Waals surface area contributed by atoms with Crippen molar-refractivity contribution in [1.29, 1.82) is 0 Å². The third kappa shape index (κ3) is 2.11. The van der Waals surface area contributed by atoms with E-state index in [2.05, 4.69) is 40.4 Å². The molecule has 1 N–H and O–H groups in total. The molecule has 20 heavy (non-hydrogen) atoms. The van der Waals surface area contributed by atoms with E-state index in [0.29, 0.717) is 5.71 Å². The lowest BCUT2D eigenvalue weighted by molar-refractivity contribution is 0.451. The molecule has 0 aliphatic heterocycles. The Balaban J connectivity index is 2.19. The summed E-state index contributed by atoms with van der Waals surface area (Å²) in [6.07, 6.45) is 2.52. The summed E-state index contributed by atoms with van der Waals surface area (Å²) < 4.78 is 5.34. The van der Waals surface area contributed by atoms with Crippen LogP contribution in [0.5, 0.6) is 0 Å². The van der Waals surface area contributed by atoms with Crippen LogP contribution in [0.4, 0.5) is 5.82 Å². The molecule has 102 valence electrons. The van der Waals surface area contributed by atoms with Gasteiger partial charge in [0.05, 0.1) is 0 Å². The van der Waals surface area contributed by atoms with Crippen molar-refractivity contribution in [2.24, 2.45) is 0 Å². The molecule has 0 saturated heterocycles. The number of fused-ring (bicyclic) bond motifs is 1. The second-order valence-corrected chi connectivity index (χ2v) is 4.68. The monoisotopic (exact) mass is 268 g/mol. The van der Waals surface area contributed by atoms with Gasteiger partial charge < -0.3 is 9.84 Å². The molecule has 0 fully saturated rings. The summed E-state index contributed by atoms with van der Waals surface area (Å²) in [6, 6.07) is 8.08. The van der Waals surface area contributed by atoms with Crippen molar-refractivity contribution in [3.05, 3.63) is 36.2 Å². The Morgan fingerprint density at radius 1 is 1.20 bits per heavy atom. The van der Waals surface area contributed by atoms with Gasteiger partial charge in [-0.15, -0.1) is 0 Å². The van der Waals surface area contributed by atoms with E-state index < -0.39 is 0 Å². The van der Waals surface area contributed by atoms with Gasteiger partial charge in [0.1, 0.15) is 23.2 Å². The maximum Gasteiger partial charge on any atom is 0.263 e. The fourth-order valence-corrected chi connectivity index (χ4v) is 2.19. The molecular weight excluding hydrogens is 252 g/mol. The normalized spacial score (nSPS) is 10.9. The Kier molecular flexibility index (Phi) is 3.33. The molecule has 3 rings (SSSR count). The predicted octanol–water partition coefficient (Wildman–Crippen LogP) is 3.42. The first-order valence-electron chi connectivity index (χ1n) is 6.71. The van der Waals surface area contributed by atoms with Crippen LogP contribution in [0.25, 0.3) is 22.4 Å². The van der Waals surface area contributed by atoms with Crippen molar-refractivity contribution in [1.82, 2.24) is 15.1 Å². The van der Waals surface area contributed by atoms with Crippen molar-refractivity contribution in [3.63, 3.8) is 0 Å². The number of aryl methyl sites for hydroxylation is 1. The third-order valence-electron chi connectivity index (χ3n) is 3.22. The van der Waals surface area contributed by atoms with Gasteiger partial charge in [-0.3, -0.25) is 0 Å². The average molecular weight is 268 g/mol. The van der Waals surface area contributed by atoms with Crippen LogP contribution in [-0.2, 0) is 0 Å². The summed E-state index contributed by atoms with van der Waals surface area (Å²) >= 11 is 0. The molecule has 0 unspecified atom stereocenters. The zero-order valence-electron chi connectivity index (χ0n) is 11.6. The number of hydrogen-bond acceptors (Lipinski definition) is 5. The van der Waals surface area contributed by atoms with E-state index in [4.69, 9.17) is 4.52 Å². The highest BCUT2D eigenvalue weighted by molar-refractivity contribution is 5.98. The minimum absolute atomic E-state index is 0.511. The van der Waals surface area contributed by atoms with Crippen molar-refractivity contribution < 1.29 is 4.52 Å². The van der Waals surface area contributed by atoms with Gasteiger partial charge in [0.25, 0.3) is 5.71 Å². The Hall–Kier alpha value is -2.43. The molecule has 0 atom stereocenters. The number of aromatic nitrogens is 3. The first kappa shape index (κ1) is 12.6. The molecule has 0 aliphatic rings. The van der Waals surface area contributed by atoms with Crippen molar-refractivity contribution >= 4 is 16.9 Å². The Morgan fingerprint density at radius 2 is 2.05 bits per heavy atom. The number of nitrogens with zero attached hydrogens (tertiary/aromatic N) is 3. The van der Waals surface area contributed by atoms with Gasteiger partial charge in [-0.2, -0.15) is 4.98 Å². The quantitative estimate of drug-likeness (QED) is 0.785. The maximum atomic E-state index is 5.34. The fraction of sp³-hybridized carbons (Fsp3) is 0.267. The molecule has 0 spiro atoms. The Morgan fingerprint density at radius 3 is 2.85 bits per heavy atom. The summed E-state index contributed by atoms with van der Waals surface area (Å²) in [7, 11) is 0. The van der Waals surface area contributed by atoms with Gasteiger partial charge in [-0.05, 0) is 18.9 Å². The minimum Gasteiger partial charge on any atom is -0.369 e. The lowest BCUT2D eigenvalue weighted by Crippen LogP contribution is -2.02. The van der Waals surface area contributed by atoms with Crippen molar-refractivity contribution in [3.8, 4) is 11.3 Å². The summed E-state index contributed by atoms with van der Waals surface area (Å²) in [4.78, 5) is 8.46. The Labute approximate surface area is 117 Å². The second kappa shape index (κ2) is 5.28. The van der Waals surface area contributed by atoms with Crippen LogP contribution >= 0.6 is 0 Å². The van der Waals surface area contributed by atoms with Crippen LogP contribution < -0.4 is 5.32 Å². The third-order valence-corrected chi connectivity index (χ3v) is 3.22. The molecule has 5 nitrogen and oxygen atoms in total. The molecule has 2 heterocycles. The smallest absolute Gasteiger partial charge is 0.263 e. The Bertz CT molecular complexity index is 736. The summed E-state index contributed by atoms with van der Waals surface area (Å²) in [6.45, 7) is 5.02. The van der Waals surface area contributed by atoms with Gasteiger partial charge in [0, 0.05) is 12.1 Å². The highest BCUT2D eigenvalue weighted by Crippen LogP contribution is 2.32. The first-order valence-corrected chi connectivity index (χ1v) is 6.71. The topological polar surface area (TPSA) is 63.8 Å². The average Bonchev–Trinajstić information content (AvgIpc) is 2.90. The van der Waals surface area contributed by atoms with Crippen molar-refractivity contribution in [2.45, 2.75) is 20.3 Å². The molecule has 0 amide bonds. The van der Waals surface area contributed by atoms with Gasteiger partial charge in [-0.25, -0.2) is 4.98 Å². The van der Waals surface area contributed by atoms with E-state index >= 15 is 0 Å². The van der Waals surface area contributed by atoms with Gasteiger partial charge in [0.2, 0.25) is 0 Å². The van der Waals surface area contributed by atoms with E-state index in [1.54, 1.807) is 0 Å². The number of rotatable bonds is 4. The summed E-state index contributed by atoms with van der Waals surface area (Å²) in [5.74, 6) is 0.774. The summed E-state index contributed by atoms with van der Waals surface area (Å²) in [5.41, 5.74) is 3.49. The zero-order chi connectivity index (χ0) is 13.9. The summed E-state index contributed by atoms with van der Waals surface area (Å²) in [5, 5.41) is 8.32. The van der Waals surface area contributed by atoms with E-state index in [0.717, 1.165) is 41.0 Å². The van der Waals surface area contributed by atoms with Gasteiger partial charge in [0.15, 0.2) is 0 Å². The largest absolute Gasteiger partial charge is 0.369 e. The van der Waals surface area contributed by atoms with Crippen LogP contribution in [-0.4, -0.2) is 21.7 Å². The number of benzene rings is 1. The molecule has 5 heteroatoms. The molecular formula is C15H16N4O. The lowest BCUT2D eigenvalue weighted by Gasteiger charge is -2.06. The number of nitrogens with one attached hydrogen (secondary N) is 1. The fourth-order valence-electron chi connectivity index (χ4n) is 2.19. The number of anilines is 1. The van der Waals surface area contributed by atoms with Crippen molar-refractivity contribution in [2.75, 3.05) is 11.9 Å². The molecule has 0 aliphatic carbocycles. The van der Waals surface area contributed by atoms with Gasteiger partial charge >= 0.3 is 0 Å². The highest BCUT2D eigenvalue weighted by Gasteiger charge is 2.17. The van der Waals surface area contributed by atoms with E-state index in [9.17, 15) is 0 Å². The predicted molar refractivity (Wildman–Crippen MR) is 78.6 cm³/mol. The molecule has 0 saturated carbocycles. The molecule has 3 aromatic rings. The highest BCUT2D eigenvalue weighted by atomic mass is 16.5. The van der Waals surface area contributed by atoms with Crippen LogP contribution in [0.3, 0.4) is 0 Å². The van der Waals surface area contributed by atoms with E-state index in [-0.39, 0.29) is 0 Å². The molecule has 0 radical (unpaired) electrons. The van der Waals surface area contributed by atoms with E-state index in [1.165, 1.54) is 6.33 Å². The van der Waals surface area contributed by atoms with Crippen LogP contribution in [0.1, 0.15) is 18.9 Å². The van der Waals surface area contributed by atoms with E-state index in [1.807, 2.05) is 18.2 Å². The maximum absolute atomic E-state index is 5.34. The number of hydrogen-bond donors (Lipinski definition) is 1. The van der Waals surface area contributed by atoms with Gasteiger partial charge in [-0.1, -0.05) is 36.3 Å². The standard InChI is InChI=1S/C15H16N4O/c1-3-8-16-14-12-13(11-7-5-4-6-10(11)2)19-20-15(12)18-9-17-14/h4-7,9H,3,8H2,1-2H3,(H,16,17,18). The minimum atomic E-state index is 0.511. The lowest BCUT2D eigenvalue weighted by atomic mass is 10.0. The SMILES string of the molecule is CCCNc1ncnc2onc(-c3ccccc3C)c12. The van der Waals surface area contributed by atoms with Crippen LogP contribution in [0.2, 0.25) is 0 Å². The van der Waals surface area contributed by atoms with Crippen LogP contribution in [0, 0.1) is 6.92 Å².